The van der Waals surface area contributed by atoms with Gasteiger partial charge in [0, 0.05) is 25.2 Å². The van der Waals surface area contributed by atoms with Crippen LogP contribution in [-0.2, 0) is 13.1 Å². The van der Waals surface area contributed by atoms with Crippen molar-refractivity contribution in [2.45, 2.75) is 39.8 Å². The zero-order chi connectivity index (χ0) is 16.4. The fraction of sp³-hybridized carbons (Fsp3) is 0.462. The average Bonchev–Trinajstić information content (AvgIpc) is 2.72. The molecule has 9 nitrogen and oxygen atoms in total. The number of rotatable bonds is 6. The molecule has 0 amide bonds. The first-order chi connectivity index (χ1) is 10.4. The molecule has 0 fully saturated rings. The van der Waals surface area contributed by atoms with E-state index in [-0.39, 0.29) is 5.69 Å². The molecule has 0 aliphatic rings. The SMILES string of the molecule is CCCn1c(=O)n(CCC)c2cc([N+](=O)[O-])c([N+](=O)[O-])cc21. The Hall–Kier alpha value is -2.71. The van der Waals surface area contributed by atoms with Crippen LogP contribution >= 0.6 is 0 Å². The summed E-state index contributed by atoms with van der Waals surface area (Å²) in [6.07, 6.45) is 1.35. The number of nitrogens with zero attached hydrogens (tertiary/aromatic N) is 4. The maximum Gasteiger partial charge on any atom is 0.348 e. The molecule has 0 saturated carbocycles. The van der Waals surface area contributed by atoms with Crippen LogP contribution < -0.4 is 5.69 Å². The first-order valence-electron chi connectivity index (χ1n) is 6.98. The molecule has 0 atom stereocenters. The summed E-state index contributed by atoms with van der Waals surface area (Å²) in [5.74, 6) is 0. The summed E-state index contributed by atoms with van der Waals surface area (Å²) in [6, 6.07) is 2.24. The highest BCUT2D eigenvalue weighted by Gasteiger charge is 2.28. The van der Waals surface area contributed by atoms with Crippen molar-refractivity contribution in [2.75, 3.05) is 0 Å². The number of fused-ring (bicyclic) bond motifs is 1. The largest absolute Gasteiger partial charge is 0.348 e. The minimum Gasteiger partial charge on any atom is -0.292 e. The zero-order valence-corrected chi connectivity index (χ0v) is 12.3. The van der Waals surface area contributed by atoms with Crippen LogP contribution in [0, 0.1) is 20.2 Å². The second kappa shape index (κ2) is 5.96. The second-order valence-corrected chi connectivity index (χ2v) is 4.93. The number of benzene rings is 1. The van der Waals surface area contributed by atoms with Crippen LogP contribution in [0.5, 0.6) is 0 Å². The molecule has 2 rings (SSSR count). The minimum absolute atomic E-state index is 0.298. The van der Waals surface area contributed by atoms with Gasteiger partial charge in [-0.15, -0.1) is 0 Å². The van der Waals surface area contributed by atoms with Crippen LogP contribution in [0.2, 0.25) is 0 Å². The predicted octanol–water partition coefficient (Wildman–Crippen LogP) is 2.44. The summed E-state index contributed by atoms with van der Waals surface area (Å²) in [6.45, 7) is 4.58. The van der Waals surface area contributed by atoms with E-state index in [9.17, 15) is 25.0 Å². The first-order valence-corrected chi connectivity index (χ1v) is 6.98. The fourth-order valence-corrected chi connectivity index (χ4v) is 2.51. The monoisotopic (exact) mass is 308 g/mol. The summed E-state index contributed by atoms with van der Waals surface area (Å²) >= 11 is 0. The second-order valence-electron chi connectivity index (χ2n) is 4.93. The van der Waals surface area contributed by atoms with Crippen LogP contribution in [0.25, 0.3) is 11.0 Å². The smallest absolute Gasteiger partial charge is 0.292 e. The van der Waals surface area contributed by atoms with E-state index in [1.54, 1.807) is 0 Å². The Morgan fingerprint density at radius 2 is 1.27 bits per heavy atom. The van der Waals surface area contributed by atoms with Crippen molar-refractivity contribution in [3.05, 3.63) is 42.8 Å². The Balaban J connectivity index is 2.90. The molecule has 0 unspecified atom stereocenters. The Morgan fingerprint density at radius 3 is 1.55 bits per heavy atom. The summed E-state index contributed by atoms with van der Waals surface area (Å²) in [4.78, 5) is 33.0. The van der Waals surface area contributed by atoms with E-state index in [1.807, 2.05) is 13.8 Å². The normalized spacial score (nSPS) is 11.0. The van der Waals surface area contributed by atoms with E-state index in [2.05, 4.69) is 0 Å². The van der Waals surface area contributed by atoms with Crippen molar-refractivity contribution < 1.29 is 9.85 Å². The molecular formula is C13H16N4O5. The van der Waals surface area contributed by atoms with Crippen molar-refractivity contribution in [3.8, 4) is 0 Å². The van der Waals surface area contributed by atoms with Gasteiger partial charge in [0.2, 0.25) is 0 Å². The summed E-state index contributed by atoms with van der Waals surface area (Å²) < 4.78 is 2.86. The molecule has 22 heavy (non-hydrogen) atoms. The molecule has 0 N–H and O–H groups in total. The fourth-order valence-electron chi connectivity index (χ4n) is 2.51. The van der Waals surface area contributed by atoms with Gasteiger partial charge in [-0.05, 0) is 12.8 Å². The number of aryl methyl sites for hydroxylation is 2. The van der Waals surface area contributed by atoms with E-state index in [0.717, 1.165) is 12.1 Å². The molecular weight excluding hydrogens is 292 g/mol. The van der Waals surface area contributed by atoms with E-state index in [0.29, 0.717) is 37.0 Å². The molecule has 0 aliphatic carbocycles. The highest BCUT2D eigenvalue weighted by molar-refractivity contribution is 5.83. The third-order valence-electron chi connectivity index (χ3n) is 3.40. The number of imidazole rings is 1. The maximum atomic E-state index is 12.4. The first kappa shape index (κ1) is 15.7. The van der Waals surface area contributed by atoms with E-state index < -0.39 is 21.2 Å². The lowest BCUT2D eigenvalue weighted by Crippen LogP contribution is -2.24. The van der Waals surface area contributed by atoms with Crippen molar-refractivity contribution in [1.29, 1.82) is 0 Å². The molecule has 1 heterocycles. The van der Waals surface area contributed by atoms with Crippen LogP contribution in [-0.4, -0.2) is 19.0 Å². The molecule has 0 saturated heterocycles. The zero-order valence-electron chi connectivity index (χ0n) is 12.3. The standard InChI is InChI=1S/C13H16N4O5/c1-3-5-14-9-7-11(16(19)20)12(17(21)22)8-10(9)15(6-4-2)13(14)18/h7-8H,3-6H2,1-2H3. The summed E-state index contributed by atoms with van der Waals surface area (Å²) in [5.41, 5.74) is -0.782. The van der Waals surface area contributed by atoms with Crippen LogP contribution in [0.4, 0.5) is 11.4 Å². The number of nitro groups is 2. The summed E-state index contributed by atoms with van der Waals surface area (Å²) in [7, 11) is 0. The summed E-state index contributed by atoms with van der Waals surface area (Å²) in [5, 5.41) is 22.1. The number of aromatic nitrogens is 2. The lowest BCUT2D eigenvalue weighted by atomic mass is 10.2. The molecule has 1 aromatic heterocycles. The molecule has 0 bridgehead atoms. The topological polar surface area (TPSA) is 113 Å². The number of hydrogen-bond acceptors (Lipinski definition) is 5. The van der Waals surface area contributed by atoms with E-state index >= 15 is 0 Å². The molecule has 118 valence electrons. The lowest BCUT2D eigenvalue weighted by molar-refractivity contribution is -0.422. The van der Waals surface area contributed by atoms with Gasteiger partial charge in [0.05, 0.1) is 20.9 Å². The molecule has 0 spiro atoms. The third-order valence-corrected chi connectivity index (χ3v) is 3.40. The van der Waals surface area contributed by atoms with Gasteiger partial charge in [0.15, 0.2) is 0 Å². The quantitative estimate of drug-likeness (QED) is 0.600. The predicted molar refractivity (Wildman–Crippen MR) is 80.1 cm³/mol. The van der Waals surface area contributed by atoms with Crippen LogP contribution in [0.3, 0.4) is 0 Å². The molecule has 0 aliphatic heterocycles. The van der Waals surface area contributed by atoms with Gasteiger partial charge in [-0.1, -0.05) is 13.8 Å². The van der Waals surface area contributed by atoms with Crippen molar-refractivity contribution in [1.82, 2.24) is 9.13 Å². The Labute approximate surface area is 125 Å². The highest BCUT2D eigenvalue weighted by atomic mass is 16.6. The van der Waals surface area contributed by atoms with Gasteiger partial charge in [-0.25, -0.2) is 4.79 Å². The number of nitro benzene ring substituents is 2. The number of hydrogen-bond donors (Lipinski definition) is 0. The van der Waals surface area contributed by atoms with Gasteiger partial charge < -0.3 is 0 Å². The van der Waals surface area contributed by atoms with Gasteiger partial charge >= 0.3 is 17.1 Å². The average molecular weight is 308 g/mol. The third kappa shape index (κ3) is 2.45. The van der Waals surface area contributed by atoms with Gasteiger partial charge in [-0.3, -0.25) is 29.4 Å². The van der Waals surface area contributed by atoms with Gasteiger partial charge in [0.1, 0.15) is 0 Å². The van der Waals surface area contributed by atoms with Crippen molar-refractivity contribution in [2.24, 2.45) is 0 Å². The van der Waals surface area contributed by atoms with Crippen molar-refractivity contribution >= 4 is 22.4 Å². The molecule has 9 heteroatoms. The Kier molecular flexibility index (Phi) is 4.25. The molecule has 1 aromatic carbocycles. The Bertz CT molecular complexity index is 741. The van der Waals surface area contributed by atoms with E-state index in [4.69, 9.17) is 0 Å². The van der Waals surface area contributed by atoms with Crippen LogP contribution in [0.1, 0.15) is 26.7 Å². The van der Waals surface area contributed by atoms with E-state index in [1.165, 1.54) is 9.13 Å². The Morgan fingerprint density at radius 1 is 0.909 bits per heavy atom. The van der Waals surface area contributed by atoms with Crippen LogP contribution in [0.15, 0.2) is 16.9 Å². The van der Waals surface area contributed by atoms with Gasteiger partial charge in [0.25, 0.3) is 0 Å². The van der Waals surface area contributed by atoms with Gasteiger partial charge in [-0.2, -0.15) is 0 Å². The minimum atomic E-state index is -0.796. The maximum absolute atomic E-state index is 12.4. The molecule has 0 radical (unpaired) electrons. The van der Waals surface area contributed by atoms with Crippen molar-refractivity contribution in [3.63, 3.8) is 0 Å². The molecule has 2 aromatic rings. The lowest BCUT2D eigenvalue weighted by Gasteiger charge is -2.01. The highest BCUT2D eigenvalue weighted by Crippen LogP contribution is 2.31.